The maximum atomic E-state index is 10.4. The van der Waals surface area contributed by atoms with Gasteiger partial charge in [-0.1, -0.05) is 67.6 Å². The van der Waals surface area contributed by atoms with Crippen LogP contribution in [0.5, 0.6) is 11.5 Å². The number of hydrogen-bond acceptors (Lipinski definition) is 2. The summed E-state index contributed by atoms with van der Waals surface area (Å²) < 4.78 is 0. The zero-order valence-corrected chi connectivity index (χ0v) is 11.9. The molecule has 106 valence electrons. The Balaban J connectivity index is 2.32. The summed E-state index contributed by atoms with van der Waals surface area (Å²) in [5.74, 6) is 0.601. The summed E-state index contributed by atoms with van der Waals surface area (Å²) in [5, 5.41) is 20.7. The van der Waals surface area contributed by atoms with Crippen LogP contribution in [0.1, 0.15) is 18.1 Å². The lowest BCUT2D eigenvalue weighted by Crippen LogP contribution is -2.33. The van der Waals surface area contributed by atoms with E-state index < -0.39 is 5.41 Å². The summed E-state index contributed by atoms with van der Waals surface area (Å²) >= 11 is 0. The lowest BCUT2D eigenvalue weighted by atomic mass is 9.64. The van der Waals surface area contributed by atoms with E-state index in [4.69, 9.17) is 0 Å². The third-order valence-electron chi connectivity index (χ3n) is 4.29. The fourth-order valence-corrected chi connectivity index (χ4v) is 3.20. The van der Waals surface area contributed by atoms with Crippen molar-refractivity contribution < 1.29 is 10.2 Å². The van der Waals surface area contributed by atoms with E-state index in [9.17, 15) is 10.2 Å². The van der Waals surface area contributed by atoms with Crippen molar-refractivity contribution in [3.63, 3.8) is 0 Å². The van der Waals surface area contributed by atoms with Gasteiger partial charge in [-0.3, -0.25) is 0 Å². The summed E-state index contributed by atoms with van der Waals surface area (Å²) in [6, 6.07) is 14.7. The Morgan fingerprint density at radius 3 is 1.81 bits per heavy atom. The van der Waals surface area contributed by atoms with Crippen molar-refractivity contribution in [3.05, 3.63) is 84.0 Å². The Bertz CT molecular complexity index is 668. The minimum absolute atomic E-state index is 0.115. The van der Waals surface area contributed by atoms with Crippen molar-refractivity contribution in [2.24, 2.45) is 5.92 Å². The number of rotatable bonds is 2. The van der Waals surface area contributed by atoms with Crippen LogP contribution in [0, 0.1) is 5.92 Å². The van der Waals surface area contributed by atoms with Gasteiger partial charge in [-0.15, -0.1) is 0 Å². The molecule has 21 heavy (non-hydrogen) atoms. The molecule has 2 nitrogen and oxygen atoms in total. The molecule has 1 aliphatic carbocycles. The third-order valence-corrected chi connectivity index (χ3v) is 4.29. The highest BCUT2D eigenvalue weighted by molar-refractivity contribution is 5.57. The van der Waals surface area contributed by atoms with Crippen LogP contribution in [0.4, 0.5) is 0 Å². The first kappa shape index (κ1) is 13.5. The van der Waals surface area contributed by atoms with Gasteiger partial charge in [-0.05, 0) is 18.1 Å². The Kier molecular flexibility index (Phi) is 3.30. The first-order valence-corrected chi connectivity index (χ1v) is 7.09. The molecule has 1 atom stereocenters. The molecule has 1 aliphatic rings. The number of allylic oxidation sites excluding steroid dienone is 4. The van der Waals surface area contributed by atoms with Gasteiger partial charge in [0.25, 0.3) is 0 Å². The molecule has 2 heteroatoms. The molecule has 1 unspecified atom stereocenters. The Morgan fingerprint density at radius 2 is 1.33 bits per heavy atom. The predicted octanol–water partition coefficient (Wildman–Crippen LogP) is 4.15. The number of phenolic OH excluding ortho intramolecular Hbond substituents is 2. The Hall–Kier alpha value is -2.48. The van der Waals surface area contributed by atoms with E-state index in [-0.39, 0.29) is 17.4 Å². The van der Waals surface area contributed by atoms with Gasteiger partial charge in [0.15, 0.2) is 0 Å². The molecule has 0 amide bonds. The van der Waals surface area contributed by atoms with E-state index in [1.165, 1.54) is 0 Å². The third kappa shape index (κ3) is 2.04. The molecule has 0 radical (unpaired) electrons. The molecule has 0 aliphatic heterocycles. The van der Waals surface area contributed by atoms with Gasteiger partial charge < -0.3 is 10.2 Å². The van der Waals surface area contributed by atoms with Gasteiger partial charge in [-0.2, -0.15) is 0 Å². The van der Waals surface area contributed by atoms with E-state index in [1.807, 2.05) is 48.6 Å². The summed E-state index contributed by atoms with van der Waals surface area (Å²) in [6.07, 6.45) is 8.13. The maximum absolute atomic E-state index is 10.4. The van der Waals surface area contributed by atoms with Gasteiger partial charge in [0.1, 0.15) is 11.5 Å². The van der Waals surface area contributed by atoms with E-state index in [1.54, 1.807) is 12.1 Å². The van der Waals surface area contributed by atoms with Crippen molar-refractivity contribution in [1.29, 1.82) is 0 Å². The van der Waals surface area contributed by atoms with Crippen LogP contribution in [-0.2, 0) is 5.41 Å². The predicted molar refractivity (Wildman–Crippen MR) is 84.4 cm³/mol. The van der Waals surface area contributed by atoms with Crippen LogP contribution in [0.15, 0.2) is 72.8 Å². The smallest absolute Gasteiger partial charge is 0.120 e. The minimum Gasteiger partial charge on any atom is -0.508 e. The number of para-hydroxylation sites is 2. The number of hydrogen-bond donors (Lipinski definition) is 2. The highest BCUT2D eigenvalue weighted by atomic mass is 16.3. The molecule has 0 heterocycles. The fourth-order valence-electron chi connectivity index (χ4n) is 3.20. The monoisotopic (exact) mass is 278 g/mol. The Morgan fingerprint density at radius 1 is 0.810 bits per heavy atom. The number of phenols is 2. The second kappa shape index (κ2) is 5.13. The highest BCUT2D eigenvalue weighted by Gasteiger charge is 2.40. The summed E-state index contributed by atoms with van der Waals surface area (Å²) in [7, 11) is 0. The normalized spacial score (nSPS) is 19.6. The lowest BCUT2D eigenvalue weighted by molar-refractivity contribution is 0.407. The Labute approximate surface area is 124 Å². The van der Waals surface area contributed by atoms with Crippen LogP contribution >= 0.6 is 0 Å². The molecule has 2 aromatic rings. The summed E-state index contributed by atoms with van der Waals surface area (Å²) in [6.45, 7) is 2.10. The van der Waals surface area contributed by atoms with Crippen molar-refractivity contribution in [1.82, 2.24) is 0 Å². The number of benzene rings is 2. The molecule has 0 bridgehead atoms. The number of aromatic hydroxyl groups is 2. The average molecular weight is 278 g/mol. The molecule has 2 aromatic carbocycles. The highest BCUT2D eigenvalue weighted by Crippen LogP contribution is 2.48. The molecule has 3 rings (SSSR count). The van der Waals surface area contributed by atoms with E-state index in [0.29, 0.717) is 0 Å². The molecule has 0 aromatic heterocycles. The zero-order valence-electron chi connectivity index (χ0n) is 11.9. The minimum atomic E-state index is -0.564. The largest absolute Gasteiger partial charge is 0.508 e. The standard InChI is InChI=1S/C19H18O2/c1-14-8-6-7-13-19(14,15-9-2-4-11-17(15)20)16-10-3-5-12-18(16)21/h2-14,20-21H,1H3. The first-order chi connectivity index (χ1) is 10.2. The van der Waals surface area contributed by atoms with Gasteiger partial charge in [0.2, 0.25) is 0 Å². The molecule has 0 saturated carbocycles. The van der Waals surface area contributed by atoms with Gasteiger partial charge in [-0.25, -0.2) is 0 Å². The van der Waals surface area contributed by atoms with Crippen LogP contribution in [0.3, 0.4) is 0 Å². The van der Waals surface area contributed by atoms with Crippen LogP contribution in [-0.4, -0.2) is 10.2 Å². The van der Waals surface area contributed by atoms with Crippen molar-refractivity contribution in [3.8, 4) is 11.5 Å². The SMILES string of the molecule is CC1C=CC=CC1(c1ccccc1O)c1ccccc1O. The first-order valence-electron chi connectivity index (χ1n) is 7.09. The van der Waals surface area contributed by atoms with Crippen molar-refractivity contribution in [2.45, 2.75) is 12.3 Å². The fraction of sp³-hybridized carbons (Fsp3) is 0.158. The van der Waals surface area contributed by atoms with E-state index in [2.05, 4.69) is 19.1 Å². The molecular formula is C19H18O2. The van der Waals surface area contributed by atoms with Gasteiger partial charge in [0.05, 0.1) is 5.41 Å². The summed E-state index contributed by atoms with van der Waals surface area (Å²) in [5.41, 5.74) is 1.05. The topological polar surface area (TPSA) is 40.5 Å². The van der Waals surface area contributed by atoms with Crippen LogP contribution in [0.2, 0.25) is 0 Å². The van der Waals surface area contributed by atoms with Crippen LogP contribution < -0.4 is 0 Å². The molecule has 0 spiro atoms. The lowest BCUT2D eigenvalue weighted by Gasteiger charge is -2.38. The quantitative estimate of drug-likeness (QED) is 0.866. The summed E-state index contributed by atoms with van der Waals surface area (Å²) in [4.78, 5) is 0. The van der Waals surface area contributed by atoms with Crippen molar-refractivity contribution in [2.75, 3.05) is 0 Å². The molecular weight excluding hydrogens is 260 g/mol. The van der Waals surface area contributed by atoms with Gasteiger partial charge >= 0.3 is 0 Å². The van der Waals surface area contributed by atoms with Crippen LogP contribution in [0.25, 0.3) is 0 Å². The second-order valence-corrected chi connectivity index (χ2v) is 5.44. The molecule has 0 saturated heterocycles. The molecule has 2 N–H and O–H groups in total. The van der Waals surface area contributed by atoms with E-state index in [0.717, 1.165) is 11.1 Å². The second-order valence-electron chi connectivity index (χ2n) is 5.44. The van der Waals surface area contributed by atoms with E-state index >= 15 is 0 Å². The maximum Gasteiger partial charge on any atom is 0.120 e. The van der Waals surface area contributed by atoms with Gasteiger partial charge in [0, 0.05) is 11.1 Å². The van der Waals surface area contributed by atoms with Crippen molar-refractivity contribution >= 4 is 0 Å². The average Bonchev–Trinajstić information content (AvgIpc) is 2.50. The molecule has 0 fully saturated rings. The zero-order chi connectivity index (χ0) is 14.9.